The maximum Gasteiger partial charge on any atom is 0.316 e. The average Bonchev–Trinajstić information content (AvgIpc) is 3.18. The number of carbonyl (C=O) groups excluding carboxylic acids is 3. The number of Topliss-reactive ketones (excluding diaryl/α,β-unsaturated/α-hetero) is 1. The summed E-state index contributed by atoms with van der Waals surface area (Å²) in [5.74, 6) is -1.53. The predicted octanol–water partition coefficient (Wildman–Crippen LogP) is 3.67. The number of primary amides is 1. The van der Waals surface area contributed by atoms with E-state index in [0.29, 0.717) is 16.2 Å². The number of amides is 1. The molecule has 0 bridgehead atoms. The molecular weight excluding hydrogens is 414 g/mol. The lowest BCUT2D eigenvalue weighted by molar-refractivity contribution is -0.139. The molecule has 1 aromatic carbocycles. The van der Waals surface area contributed by atoms with Gasteiger partial charge in [0.25, 0.3) is 5.91 Å². The van der Waals surface area contributed by atoms with Crippen LogP contribution >= 0.6 is 11.8 Å². The van der Waals surface area contributed by atoms with E-state index in [-0.39, 0.29) is 18.1 Å². The topological polar surface area (TPSA) is 115 Å². The van der Waals surface area contributed by atoms with Crippen LogP contribution in [-0.4, -0.2) is 40.0 Å². The zero-order valence-electron chi connectivity index (χ0n) is 18.0. The summed E-state index contributed by atoms with van der Waals surface area (Å²) in [4.78, 5) is 44.2. The fraction of sp³-hybridized carbons (Fsp3) is 0.304. The Labute approximate surface area is 184 Å². The normalized spacial score (nSPS) is 11.0. The van der Waals surface area contributed by atoms with Gasteiger partial charge >= 0.3 is 5.97 Å². The highest BCUT2D eigenvalue weighted by atomic mass is 32.2. The van der Waals surface area contributed by atoms with Crippen molar-refractivity contribution in [1.29, 1.82) is 0 Å². The van der Waals surface area contributed by atoms with E-state index < -0.39 is 11.9 Å². The van der Waals surface area contributed by atoms with Gasteiger partial charge in [-0.05, 0) is 43.9 Å². The molecule has 162 valence electrons. The number of ether oxygens (including phenoxy) is 1. The van der Waals surface area contributed by atoms with Crippen LogP contribution in [-0.2, 0) is 16.0 Å². The van der Waals surface area contributed by atoms with E-state index in [9.17, 15) is 14.4 Å². The van der Waals surface area contributed by atoms with Crippen molar-refractivity contribution in [2.75, 3.05) is 12.4 Å². The second kappa shape index (κ2) is 9.34. The number of rotatable bonds is 8. The maximum atomic E-state index is 12.6. The molecule has 0 fully saturated rings. The van der Waals surface area contributed by atoms with Crippen LogP contribution < -0.4 is 5.73 Å². The van der Waals surface area contributed by atoms with Gasteiger partial charge in [-0.2, -0.15) is 0 Å². The molecule has 7 nitrogen and oxygen atoms in total. The second-order valence-electron chi connectivity index (χ2n) is 7.26. The molecule has 0 spiro atoms. The van der Waals surface area contributed by atoms with E-state index >= 15 is 0 Å². The molecule has 1 amide bonds. The Morgan fingerprint density at radius 3 is 2.58 bits per heavy atom. The van der Waals surface area contributed by atoms with Gasteiger partial charge in [0.05, 0.1) is 11.3 Å². The van der Waals surface area contributed by atoms with Crippen LogP contribution in [0.2, 0.25) is 0 Å². The summed E-state index contributed by atoms with van der Waals surface area (Å²) in [7, 11) is 0. The smallest absolute Gasteiger partial charge is 0.316 e. The van der Waals surface area contributed by atoms with Crippen LogP contribution in [0.1, 0.15) is 50.0 Å². The summed E-state index contributed by atoms with van der Waals surface area (Å²) in [5.41, 5.74) is 10.7. The van der Waals surface area contributed by atoms with E-state index in [0.717, 1.165) is 51.5 Å². The zero-order chi connectivity index (χ0) is 22.7. The average molecular weight is 440 g/mol. The van der Waals surface area contributed by atoms with E-state index in [1.165, 1.54) is 0 Å². The minimum atomic E-state index is -0.593. The molecule has 2 aromatic heterocycles. The Morgan fingerprint density at radius 2 is 1.90 bits per heavy atom. The third kappa shape index (κ3) is 4.64. The zero-order valence-corrected chi connectivity index (χ0v) is 18.8. The van der Waals surface area contributed by atoms with Crippen molar-refractivity contribution in [1.82, 2.24) is 9.97 Å². The molecule has 3 N–H and O–H groups in total. The number of thioether (sulfide) groups is 1. The number of aryl methyl sites for hydroxylation is 2. The van der Waals surface area contributed by atoms with E-state index in [2.05, 4.69) is 9.97 Å². The van der Waals surface area contributed by atoms with Crippen molar-refractivity contribution in [3.8, 4) is 0 Å². The molecule has 0 radical (unpaired) electrons. The number of aromatic nitrogens is 2. The fourth-order valence-corrected chi connectivity index (χ4v) is 4.38. The van der Waals surface area contributed by atoms with Gasteiger partial charge in [0.15, 0.2) is 6.61 Å². The Balaban J connectivity index is 1.65. The number of aromatic amines is 1. The molecule has 0 saturated carbocycles. The van der Waals surface area contributed by atoms with Crippen LogP contribution in [0.3, 0.4) is 0 Å². The maximum absolute atomic E-state index is 12.6. The molecule has 2 heterocycles. The summed E-state index contributed by atoms with van der Waals surface area (Å²) in [6, 6.07) is 5.78. The number of para-hydroxylation sites is 1. The Morgan fingerprint density at radius 1 is 1.16 bits per heavy atom. The molecular formula is C23H25N3O4S. The molecule has 0 aliphatic carbocycles. The van der Waals surface area contributed by atoms with Crippen molar-refractivity contribution >= 4 is 40.3 Å². The van der Waals surface area contributed by atoms with Crippen molar-refractivity contribution in [3.05, 3.63) is 57.9 Å². The highest BCUT2D eigenvalue weighted by Crippen LogP contribution is 2.27. The van der Waals surface area contributed by atoms with Gasteiger partial charge in [-0.15, -0.1) is 0 Å². The number of nitrogens with zero attached hydrogens (tertiary/aromatic N) is 1. The number of hydrogen-bond donors (Lipinski definition) is 2. The number of ketones is 1. The number of benzene rings is 1. The Kier molecular flexibility index (Phi) is 6.80. The highest BCUT2D eigenvalue weighted by Gasteiger charge is 2.20. The first-order chi connectivity index (χ1) is 14.7. The number of H-pyrrole nitrogens is 1. The van der Waals surface area contributed by atoms with E-state index in [1.807, 2.05) is 39.0 Å². The number of esters is 1. The highest BCUT2D eigenvalue weighted by molar-refractivity contribution is 8.00. The Bertz CT molecular complexity index is 1180. The lowest BCUT2D eigenvalue weighted by Crippen LogP contribution is -2.18. The SMILES string of the molecule is CCc1cccc2c(C(=O)COC(=O)CSc3nc(C)c(C)c(C)c3C(N)=O)c[nH]c12. The van der Waals surface area contributed by atoms with Crippen LogP contribution in [0, 0.1) is 20.8 Å². The molecule has 0 atom stereocenters. The number of nitrogens with one attached hydrogen (secondary N) is 1. The molecule has 8 heteroatoms. The van der Waals surface area contributed by atoms with Crippen LogP contribution in [0.5, 0.6) is 0 Å². The summed E-state index contributed by atoms with van der Waals surface area (Å²) in [5, 5.41) is 1.20. The first kappa shape index (κ1) is 22.6. The van der Waals surface area contributed by atoms with E-state index in [4.69, 9.17) is 10.5 Å². The number of pyridine rings is 1. The van der Waals surface area contributed by atoms with Crippen LogP contribution in [0.4, 0.5) is 0 Å². The molecule has 0 aliphatic rings. The minimum absolute atomic E-state index is 0.0869. The predicted molar refractivity (Wildman–Crippen MR) is 121 cm³/mol. The number of carbonyl (C=O) groups is 3. The van der Waals surface area contributed by atoms with Gasteiger partial charge in [-0.1, -0.05) is 36.9 Å². The monoisotopic (exact) mass is 439 g/mol. The van der Waals surface area contributed by atoms with E-state index in [1.54, 1.807) is 13.1 Å². The van der Waals surface area contributed by atoms with Crippen LogP contribution in [0.15, 0.2) is 29.4 Å². The molecule has 31 heavy (non-hydrogen) atoms. The van der Waals surface area contributed by atoms with Crippen molar-refractivity contribution in [3.63, 3.8) is 0 Å². The van der Waals surface area contributed by atoms with Crippen molar-refractivity contribution in [2.45, 2.75) is 39.1 Å². The summed E-state index contributed by atoms with van der Waals surface area (Å²) in [6.07, 6.45) is 2.49. The van der Waals surface area contributed by atoms with Crippen LogP contribution in [0.25, 0.3) is 10.9 Å². The summed E-state index contributed by atoms with van der Waals surface area (Å²) >= 11 is 1.07. The summed E-state index contributed by atoms with van der Waals surface area (Å²) in [6.45, 7) is 7.19. The molecule has 0 saturated heterocycles. The van der Waals surface area contributed by atoms with Gasteiger partial charge < -0.3 is 15.5 Å². The quantitative estimate of drug-likeness (QED) is 0.314. The molecule has 0 aliphatic heterocycles. The third-order valence-corrected chi connectivity index (χ3v) is 6.33. The lowest BCUT2D eigenvalue weighted by Gasteiger charge is -2.13. The van der Waals surface area contributed by atoms with Gasteiger partial charge in [0.1, 0.15) is 5.03 Å². The Hall–Kier alpha value is -3.13. The first-order valence-corrected chi connectivity index (χ1v) is 10.9. The fourth-order valence-electron chi connectivity index (χ4n) is 3.44. The number of hydrogen-bond acceptors (Lipinski definition) is 6. The summed E-state index contributed by atoms with van der Waals surface area (Å²) < 4.78 is 5.17. The van der Waals surface area contributed by atoms with Gasteiger partial charge in [0, 0.05) is 28.4 Å². The second-order valence-corrected chi connectivity index (χ2v) is 8.22. The molecule has 3 aromatic rings. The first-order valence-electron chi connectivity index (χ1n) is 9.92. The minimum Gasteiger partial charge on any atom is -0.457 e. The molecule has 0 unspecified atom stereocenters. The number of nitrogens with two attached hydrogens (primary N) is 1. The van der Waals surface area contributed by atoms with Gasteiger partial charge in [0.2, 0.25) is 5.78 Å². The largest absolute Gasteiger partial charge is 0.457 e. The third-order valence-electron chi connectivity index (χ3n) is 5.38. The van der Waals surface area contributed by atoms with Crippen molar-refractivity contribution in [2.24, 2.45) is 5.73 Å². The lowest BCUT2D eigenvalue weighted by atomic mass is 10.0. The number of fused-ring (bicyclic) bond motifs is 1. The molecule has 3 rings (SSSR count). The standard InChI is InChI=1S/C23H25N3O4S/c1-5-15-7-6-8-16-17(9-25-21(15)16)18(27)10-30-19(28)11-31-23-20(22(24)29)13(3)12(2)14(4)26-23/h6-9,25H,5,10-11H2,1-4H3,(H2,24,29). The van der Waals surface area contributed by atoms with Crippen molar-refractivity contribution < 1.29 is 19.1 Å². The van der Waals surface area contributed by atoms with Gasteiger partial charge in [-0.3, -0.25) is 14.4 Å². The van der Waals surface area contributed by atoms with Gasteiger partial charge in [-0.25, -0.2) is 4.98 Å².